The van der Waals surface area contributed by atoms with Gasteiger partial charge in [0.1, 0.15) is 5.75 Å². The number of hydrogen-bond donors (Lipinski definition) is 2. The molecule has 160 valence electrons. The summed E-state index contributed by atoms with van der Waals surface area (Å²) in [5, 5.41) is 6.69. The molecule has 0 radical (unpaired) electrons. The molecule has 0 unspecified atom stereocenters. The SMILES string of the molecule is CCNC(=NCCCOCC1CCOCC1)NCCc1ccc(OC)cc1.I. The van der Waals surface area contributed by atoms with Crippen LogP contribution in [0.2, 0.25) is 0 Å². The number of hydrogen-bond acceptors (Lipinski definition) is 4. The van der Waals surface area contributed by atoms with Crippen LogP contribution in [0.3, 0.4) is 0 Å². The average Bonchev–Trinajstić information content (AvgIpc) is 2.71. The molecule has 2 N–H and O–H groups in total. The monoisotopic (exact) mass is 505 g/mol. The highest BCUT2D eigenvalue weighted by Gasteiger charge is 2.13. The molecule has 0 amide bonds. The highest BCUT2D eigenvalue weighted by Crippen LogP contribution is 2.14. The van der Waals surface area contributed by atoms with Crippen molar-refractivity contribution in [3.05, 3.63) is 29.8 Å². The first-order valence-corrected chi connectivity index (χ1v) is 10.1. The van der Waals surface area contributed by atoms with Gasteiger partial charge in [0.2, 0.25) is 0 Å². The standard InChI is InChI=1S/C21H35N3O3.HI/c1-3-22-21(24-13-9-18-5-7-20(25-2)8-6-18)23-12-4-14-27-17-19-10-15-26-16-11-19;/h5-8,19H,3-4,9-17H2,1-2H3,(H2,22,23,24);1H. The quantitative estimate of drug-likeness (QED) is 0.209. The molecule has 1 aromatic carbocycles. The second-order valence-corrected chi connectivity index (χ2v) is 6.77. The van der Waals surface area contributed by atoms with Gasteiger partial charge >= 0.3 is 0 Å². The predicted octanol–water partition coefficient (Wildman–Crippen LogP) is 3.24. The van der Waals surface area contributed by atoms with Gasteiger partial charge in [-0.3, -0.25) is 4.99 Å². The van der Waals surface area contributed by atoms with Gasteiger partial charge in [0.05, 0.1) is 7.11 Å². The first-order chi connectivity index (χ1) is 13.3. The van der Waals surface area contributed by atoms with Gasteiger partial charge in [-0.25, -0.2) is 0 Å². The van der Waals surface area contributed by atoms with E-state index < -0.39 is 0 Å². The Kier molecular flexibility index (Phi) is 14.1. The average molecular weight is 505 g/mol. The lowest BCUT2D eigenvalue weighted by molar-refractivity contribution is 0.0205. The largest absolute Gasteiger partial charge is 0.497 e. The lowest BCUT2D eigenvalue weighted by Crippen LogP contribution is -2.38. The van der Waals surface area contributed by atoms with Crippen LogP contribution in [0.4, 0.5) is 0 Å². The van der Waals surface area contributed by atoms with Crippen LogP contribution in [-0.2, 0) is 15.9 Å². The van der Waals surface area contributed by atoms with Crippen molar-refractivity contribution in [2.24, 2.45) is 10.9 Å². The van der Waals surface area contributed by atoms with Crippen LogP contribution in [-0.4, -0.2) is 59.1 Å². The summed E-state index contributed by atoms with van der Waals surface area (Å²) >= 11 is 0. The highest BCUT2D eigenvalue weighted by atomic mass is 127. The Morgan fingerprint density at radius 1 is 1.18 bits per heavy atom. The molecule has 0 aromatic heterocycles. The summed E-state index contributed by atoms with van der Waals surface area (Å²) in [4.78, 5) is 4.63. The van der Waals surface area contributed by atoms with Crippen LogP contribution in [0.1, 0.15) is 31.7 Å². The van der Waals surface area contributed by atoms with Crippen LogP contribution < -0.4 is 15.4 Å². The molecule has 0 atom stereocenters. The molecule has 1 aromatic rings. The Labute approximate surface area is 186 Å². The van der Waals surface area contributed by atoms with Crippen molar-refractivity contribution in [1.29, 1.82) is 0 Å². The molecule has 1 aliphatic heterocycles. The van der Waals surface area contributed by atoms with Crippen LogP contribution in [0.15, 0.2) is 29.3 Å². The molecule has 0 bridgehead atoms. The summed E-state index contributed by atoms with van der Waals surface area (Å²) in [6.07, 6.45) is 4.14. The van der Waals surface area contributed by atoms with Gasteiger partial charge in [-0.1, -0.05) is 12.1 Å². The van der Waals surface area contributed by atoms with Crippen molar-refractivity contribution in [3.63, 3.8) is 0 Å². The third kappa shape index (κ3) is 10.5. The zero-order chi connectivity index (χ0) is 19.2. The number of nitrogens with one attached hydrogen (secondary N) is 2. The number of aliphatic imine (C=N–C) groups is 1. The molecular formula is C21H36IN3O3. The zero-order valence-corrected chi connectivity index (χ0v) is 19.6. The van der Waals surface area contributed by atoms with Crippen LogP contribution in [0, 0.1) is 5.92 Å². The number of benzene rings is 1. The maximum Gasteiger partial charge on any atom is 0.191 e. The molecule has 0 saturated carbocycles. The molecule has 1 heterocycles. The van der Waals surface area contributed by atoms with Gasteiger partial charge in [-0.15, -0.1) is 24.0 Å². The number of ether oxygens (including phenoxy) is 3. The lowest BCUT2D eigenvalue weighted by atomic mass is 10.0. The fraction of sp³-hybridized carbons (Fsp3) is 0.667. The maximum atomic E-state index is 5.80. The molecule has 1 aliphatic rings. The van der Waals surface area contributed by atoms with Crippen molar-refractivity contribution in [1.82, 2.24) is 10.6 Å². The van der Waals surface area contributed by atoms with Gasteiger partial charge in [-0.05, 0) is 56.2 Å². The van der Waals surface area contributed by atoms with Gasteiger partial charge in [0.15, 0.2) is 5.96 Å². The Morgan fingerprint density at radius 3 is 2.61 bits per heavy atom. The van der Waals surface area contributed by atoms with Crippen LogP contribution in [0.5, 0.6) is 5.75 Å². The molecule has 1 fully saturated rings. The van der Waals surface area contributed by atoms with Crippen molar-refractivity contribution in [3.8, 4) is 5.75 Å². The maximum absolute atomic E-state index is 5.80. The van der Waals surface area contributed by atoms with E-state index in [0.29, 0.717) is 5.92 Å². The fourth-order valence-corrected chi connectivity index (χ4v) is 2.98. The molecule has 6 nitrogen and oxygen atoms in total. The minimum atomic E-state index is 0. The minimum Gasteiger partial charge on any atom is -0.497 e. The van der Waals surface area contributed by atoms with E-state index in [0.717, 1.165) is 83.5 Å². The number of guanidine groups is 1. The van der Waals surface area contributed by atoms with E-state index in [-0.39, 0.29) is 24.0 Å². The first kappa shape index (κ1) is 25.0. The van der Waals surface area contributed by atoms with E-state index >= 15 is 0 Å². The van der Waals surface area contributed by atoms with Gasteiger partial charge in [0, 0.05) is 46.1 Å². The summed E-state index contributed by atoms with van der Waals surface area (Å²) in [5.41, 5.74) is 1.28. The van der Waals surface area contributed by atoms with E-state index in [1.165, 1.54) is 5.56 Å². The number of rotatable bonds is 11. The third-order valence-corrected chi connectivity index (χ3v) is 4.62. The Balaban J connectivity index is 0.00000392. The minimum absolute atomic E-state index is 0. The van der Waals surface area contributed by atoms with E-state index in [1.54, 1.807) is 7.11 Å². The summed E-state index contributed by atoms with van der Waals surface area (Å²) < 4.78 is 16.4. The molecule has 0 spiro atoms. The lowest BCUT2D eigenvalue weighted by Gasteiger charge is -2.21. The van der Waals surface area contributed by atoms with E-state index in [4.69, 9.17) is 14.2 Å². The first-order valence-electron chi connectivity index (χ1n) is 10.1. The molecule has 1 saturated heterocycles. The van der Waals surface area contributed by atoms with Crippen LogP contribution in [0.25, 0.3) is 0 Å². The summed E-state index contributed by atoms with van der Waals surface area (Å²) in [7, 11) is 1.69. The summed E-state index contributed by atoms with van der Waals surface area (Å²) in [6, 6.07) is 8.19. The van der Waals surface area contributed by atoms with E-state index in [9.17, 15) is 0 Å². The predicted molar refractivity (Wildman–Crippen MR) is 125 cm³/mol. The van der Waals surface area contributed by atoms with Gasteiger partial charge < -0.3 is 24.8 Å². The molecule has 2 rings (SSSR count). The molecule has 0 aliphatic carbocycles. The number of nitrogens with zero attached hydrogens (tertiary/aromatic N) is 1. The van der Waals surface area contributed by atoms with E-state index in [2.05, 4.69) is 34.7 Å². The van der Waals surface area contributed by atoms with E-state index in [1.807, 2.05) is 12.1 Å². The zero-order valence-electron chi connectivity index (χ0n) is 17.2. The Morgan fingerprint density at radius 2 is 1.93 bits per heavy atom. The van der Waals surface area contributed by atoms with Gasteiger partial charge in [-0.2, -0.15) is 0 Å². The normalized spacial score (nSPS) is 15.0. The Bertz CT molecular complexity index is 534. The van der Waals surface area contributed by atoms with Crippen molar-refractivity contribution >= 4 is 29.9 Å². The van der Waals surface area contributed by atoms with Crippen LogP contribution >= 0.6 is 24.0 Å². The molecule has 7 heteroatoms. The van der Waals surface area contributed by atoms with Crippen molar-refractivity contribution in [2.75, 3.05) is 53.2 Å². The topological polar surface area (TPSA) is 64.1 Å². The fourth-order valence-electron chi connectivity index (χ4n) is 2.98. The van der Waals surface area contributed by atoms with Crippen molar-refractivity contribution < 1.29 is 14.2 Å². The third-order valence-electron chi connectivity index (χ3n) is 4.62. The second-order valence-electron chi connectivity index (χ2n) is 6.77. The summed E-state index contributed by atoms with van der Waals surface area (Å²) in [5.74, 6) is 2.43. The number of halogens is 1. The smallest absolute Gasteiger partial charge is 0.191 e. The van der Waals surface area contributed by atoms with Gasteiger partial charge in [0.25, 0.3) is 0 Å². The molecule has 28 heavy (non-hydrogen) atoms. The summed E-state index contributed by atoms with van der Waals surface area (Å²) in [6.45, 7) is 7.94. The highest BCUT2D eigenvalue weighted by molar-refractivity contribution is 14.0. The van der Waals surface area contributed by atoms with Crippen molar-refractivity contribution in [2.45, 2.75) is 32.6 Å². The molecular weight excluding hydrogens is 469 g/mol. The Hall–Kier alpha value is -1.06. The second kappa shape index (κ2) is 15.8. The number of methoxy groups -OCH3 is 1.